The molecule has 3 nitrogen and oxygen atoms in total. The number of anilines is 1. The van der Waals surface area contributed by atoms with Crippen LogP contribution < -0.4 is 5.32 Å². The summed E-state index contributed by atoms with van der Waals surface area (Å²) in [4.78, 5) is 6.96. The Balaban J connectivity index is 0.00000180. The summed E-state index contributed by atoms with van der Waals surface area (Å²) in [5, 5.41) is 3.51. The molecule has 1 aliphatic heterocycles. The number of amidine groups is 1. The second-order valence-corrected chi connectivity index (χ2v) is 5.19. The quantitative estimate of drug-likeness (QED) is 0.917. The molecule has 1 aliphatic rings. The van der Waals surface area contributed by atoms with Crippen molar-refractivity contribution in [1.82, 2.24) is 4.90 Å². The summed E-state index contributed by atoms with van der Waals surface area (Å²) >= 11 is 0. The highest BCUT2D eigenvalue weighted by Crippen LogP contribution is 2.18. The summed E-state index contributed by atoms with van der Waals surface area (Å²) in [6.45, 7) is 11.6. The standard InChI is InChI=1S/C15H23N3.ClH/c1-11(2)18-9-8-16-15(18)10-17-14-7-5-6-12(3)13(14)4;/h5-7,11,17H,8-10H2,1-4H3;1H. The molecule has 19 heavy (non-hydrogen) atoms. The first kappa shape index (κ1) is 15.8. The van der Waals surface area contributed by atoms with Gasteiger partial charge in [-0.3, -0.25) is 4.99 Å². The Hall–Kier alpha value is -1.22. The number of rotatable bonds is 4. The zero-order valence-corrected chi connectivity index (χ0v) is 13.0. The molecule has 0 aliphatic carbocycles. The van der Waals surface area contributed by atoms with Crippen LogP contribution in [0.5, 0.6) is 0 Å². The third-order valence-electron chi connectivity index (χ3n) is 3.63. The molecule has 0 unspecified atom stereocenters. The number of hydrogen-bond acceptors (Lipinski definition) is 3. The van der Waals surface area contributed by atoms with E-state index in [1.807, 2.05) is 0 Å². The molecular formula is C15H24ClN3. The maximum Gasteiger partial charge on any atom is 0.119 e. The summed E-state index contributed by atoms with van der Waals surface area (Å²) in [7, 11) is 0. The lowest BCUT2D eigenvalue weighted by Crippen LogP contribution is -2.37. The normalized spacial score (nSPS) is 14.4. The van der Waals surface area contributed by atoms with E-state index in [0.717, 1.165) is 19.6 Å². The van der Waals surface area contributed by atoms with Crippen LogP contribution in [-0.4, -0.2) is 36.4 Å². The van der Waals surface area contributed by atoms with E-state index in [1.165, 1.54) is 22.6 Å². The van der Waals surface area contributed by atoms with Crippen molar-refractivity contribution < 1.29 is 0 Å². The van der Waals surface area contributed by atoms with Gasteiger partial charge in [-0.05, 0) is 44.9 Å². The Morgan fingerprint density at radius 2 is 2.05 bits per heavy atom. The van der Waals surface area contributed by atoms with E-state index in [0.29, 0.717) is 6.04 Å². The largest absolute Gasteiger partial charge is 0.378 e. The molecule has 106 valence electrons. The van der Waals surface area contributed by atoms with Crippen LogP contribution in [-0.2, 0) is 0 Å². The van der Waals surface area contributed by atoms with Gasteiger partial charge in [0.05, 0.1) is 13.1 Å². The Bertz CT molecular complexity index is 455. The van der Waals surface area contributed by atoms with Crippen LogP contribution in [0.4, 0.5) is 5.69 Å². The van der Waals surface area contributed by atoms with Crippen molar-refractivity contribution in [3.8, 4) is 0 Å². The minimum atomic E-state index is 0. The van der Waals surface area contributed by atoms with E-state index in [4.69, 9.17) is 0 Å². The molecule has 1 aromatic carbocycles. The van der Waals surface area contributed by atoms with Crippen molar-refractivity contribution in [2.24, 2.45) is 4.99 Å². The van der Waals surface area contributed by atoms with E-state index >= 15 is 0 Å². The van der Waals surface area contributed by atoms with Crippen molar-refractivity contribution >= 4 is 23.9 Å². The maximum absolute atomic E-state index is 4.59. The number of hydrogen-bond donors (Lipinski definition) is 1. The molecule has 0 amide bonds. The smallest absolute Gasteiger partial charge is 0.119 e. The van der Waals surface area contributed by atoms with Gasteiger partial charge in [0.15, 0.2) is 0 Å². The molecule has 2 rings (SSSR count). The molecule has 0 bridgehead atoms. The fourth-order valence-corrected chi connectivity index (χ4v) is 2.34. The molecule has 0 radical (unpaired) electrons. The number of aryl methyl sites for hydroxylation is 1. The lowest BCUT2D eigenvalue weighted by molar-refractivity contribution is 0.377. The Kier molecular flexibility index (Phi) is 5.67. The summed E-state index contributed by atoms with van der Waals surface area (Å²) in [6, 6.07) is 6.92. The SMILES string of the molecule is Cc1cccc(NCC2=NCCN2C(C)C)c1C.Cl. The lowest BCUT2D eigenvalue weighted by Gasteiger charge is -2.25. The van der Waals surface area contributed by atoms with Crippen LogP contribution in [0.3, 0.4) is 0 Å². The number of aliphatic imine (C=N–C) groups is 1. The highest BCUT2D eigenvalue weighted by Gasteiger charge is 2.18. The minimum absolute atomic E-state index is 0. The number of nitrogens with one attached hydrogen (secondary N) is 1. The molecule has 0 spiro atoms. The molecule has 1 N–H and O–H groups in total. The Morgan fingerprint density at radius 1 is 1.32 bits per heavy atom. The van der Waals surface area contributed by atoms with Crippen LogP contribution in [0.15, 0.2) is 23.2 Å². The van der Waals surface area contributed by atoms with E-state index in [1.54, 1.807) is 0 Å². The van der Waals surface area contributed by atoms with Gasteiger partial charge in [0, 0.05) is 18.3 Å². The molecule has 0 atom stereocenters. The molecule has 0 aromatic heterocycles. The van der Waals surface area contributed by atoms with Crippen LogP contribution >= 0.6 is 12.4 Å². The predicted molar refractivity (Wildman–Crippen MR) is 85.8 cm³/mol. The first-order valence-corrected chi connectivity index (χ1v) is 6.69. The Morgan fingerprint density at radius 3 is 2.74 bits per heavy atom. The first-order valence-electron chi connectivity index (χ1n) is 6.69. The van der Waals surface area contributed by atoms with Gasteiger partial charge in [-0.2, -0.15) is 0 Å². The van der Waals surface area contributed by atoms with Crippen LogP contribution in [0.1, 0.15) is 25.0 Å². The van der Waals surface area contributed by atoms with E-state index < -0.39 is 0 Å². The van der Waals surface area contributed by atoms with Crippen molar-refractivity contribution in [1.29, 1.82) is 0 Å². The Labute approximate surface area is 122 Å². The van der Waals surface area contributed by atoms with Crippen molar-refractivity contribution in [3.05, 3.63) is 29.3 Å². The molecule has 0 saturated carbocycles. The highest BCUT2D eigenvalue weighted by atomic mass is 35.5. The average molecular weight is 282 g/mol. The topological polar surface area (TPSA) is 27.6 Å². The summed E-state index contributed by atoms with van der Waals surface area (Å²) < 4.78 is 0. The van der Waals surface area contributed by atoms with E-state index in [-0.39, 0.29) is 12.4 Å². The first-order chi connectivity index (χ1) is 8.59. The lowest BCUT2D eigenvalue weighted by atomic mass is 10.1. The minimum Gasteiger partial charge on any atom is -0.378 e. The van der Waals surface area contributed by atoms with Gasteiger partial charge in [-0.15, -0.1) is 12.4 Å². The van der Waals surface area contributed by atoms with Gasteiger partial charge in [0.1, 0.15) is 5.84 Å². The number of halogens is 1. The van der Waals surface area contributed by atoms with E-state index in [2.05, 4.69) is 61.1 Å². The maximum atomic E-state index is 4.59. The molecule has 1 heterocycles. The third-order valence-corrected chi connectivity index (χ3v) is 3.63. The second kappa shape index (κ2) is 6.80. The van der Waals surface area contributed by atoms with Gasteiger partial charge in [-0.1, -0.05) is 12.1 Å². The monoisotopic (exact) mass is 281 g/mol. The van der Waals surface area contributed by atoms with Gasteiger partial charge in [-0.25, -0.2) is 0 Å². The molecule has 0 saturated heterocycles. The number of benzene rings is 1. The molecule has 4 heteroatoms. The fourth-order valence-electron chi connectivity index (χ4n) is 2.34. The average Bonchev–Trinajstić information content (AvgIpc) is 2.79. The van der Waals surface area contributed by atoms with Crippen LogP contribution in [0, 0.1) is 13.8 Å². The van der Waals surface area contributed by atoms with Crippen molar-refractivity contribution in [3.63, 3.8) is 0 Å². The zero-order valence-electron chi connectivity index (χ0n) is 12.2. The molecule has 0 fully saturated rings. The van der Waals surface area contributed by atoms with Gasteiger partial charge in [0.25, 0.3) is 0 Å². The number of nitrogens with zero attached hydrogens (tertiary/aromatic N) is 2. The second-order valence-electron chi connectivity index (χ2n) is 5.19. The molecule has 1 aromatic rings. The zero-order chi connectivity index (χ0) is 13.1. The van der Waals surface area contributed by atoms with Gasteiger partial charge >= 0.3 is 0 Å². The fraction of sp³-hybridized carbons (Fsp3) is 0.533. The highest BCUT2D eigenvalue weighted by molar-refractivity contribution is 5.88. The van der Waals surface area contributed by atoms with Gasteiger partial charge in [0.2, 0.25) is 0 Å². The van der Waals surface area contributed by atoms with Crippen LogP contribution in [0.25, 0.3) is 0 Å². The predicted octanol–water partition coefficient (Wildman–Crippen LogP) is 3.26. The summed E-state index contributed by atoms with van der Waals surface area (Å²) in [5.74, 6) is 1.19. The third kappa shape index (κ3) is 3.63. The van der Waals surface area contributed by atoms with Gasteiger partial charge < -0.3 is 10.2 Å². The van der Waals surface area contributed by atoms with Crippen molar-refractivity contribution in [2.75, 3.05) is 25.0 Å². The summed E-state index contributed by atoms with van der Waals surface area (Å²) in [6.07, 6.45) is 0. The van der Waals surface area contributed by atoms with Crippen LogP contribution in [0.2, 0.25) is 0 Å². The molecular weight excluding hydrogens is 258 g/mol. The van der Waals surface area contributed by atoms with E-state index in [9.17, 15) is 0 Å². The van der Waals surface area contributed by atoms with Crippen molar-refractivity contribution in [2.45, 2.75) is 33.7 Å². The summed E-state index contributed by atoms with van der Waals surface area (Å²) in [5.41, 5.74) is 3.87.